The fourth-order valence-corrected chi connectivity index (χ4v) is 5.81. The summed E-state index contributed by atoms with van der Waals surface area (Å²) in [5.41, 5.74) is 0. The van der Waals surface area contributed by atoms with Gasteiger partial charge in [0.05, 0.1) is 30.0 Å². The third-order valence-electron chi connectivity index (χ3n) is 6.99. The molecule has 176 valence electrons. The van der Waals surface area contributed by atoms with Crippen molar-refractivity contribution in [3.05, 3.63) is 12.2 Å². The van der Waals surface area contributed by atoms with Crippen LogP contribution in [0.25, 0.3) is 0 Å². The van der Waals surface area contributed by atoms with Crippen LogP contribution in [0.5, 0.6) is 0 Å². The molecule has 5 aliphatic rings. The van der Waals surface area contributed by atoms with E-state index in [1.807, 2.05) is 6.08 Å². The van der Waals surface area contributed by atoms with E-state index in [1.165, 1.54) is 0 Å². The Morgan fingerprint density at radius 3 is 2.44 bits per heavy atom. The molecule has 2 aliphatic carbocycles. The molecule has 3 aliphatic heterocycles. The van der Waals surface area contributed by atoms with Gasteiger partial charge in [0.25, 0.3) is 5.92 Å². The molecule has 9 atom stereocenters. The molecular weight excluding hydrogens is 447 g/mol. The lowest BCUT2D eigenvalue weighted by Gasteiger charge is -2.31. The predicted molar refractivity (Wildman–Crippen MR) is 90.8 cm³/mol. The van der Waals surface area contributed by atoms with Gasteiger partial charge in [0.1, 0.15) is 18.6 Å². The number of halogens is 5. The molecule has 4 fully saturated rings. The van der Waals surface area contributed by atoms with Crippen molar-refractivity contribution >= 4 is 17.9 Å². The zero-order valence-electron chi connectivity index (χ0n) is 16.4. The Bertz CT molecular complexity index is 871. The molecule has 4 bridgehead atoms. The maximum Gasteiger partial charge on any atom is 0.394 e. The summed E-state index contributed by atoms with van der Waals surface area (Å²) in [5.74, 6) is -10.7. The normalized spacial score (nSPS) is 41.3. The second kappa shape index (κ2) is 7.13. The van der Waals surface area contributed by atoms with Crippen LogP contribution in [0.2, 0.25) is 0 Å². The largest absolute Gasteiger partial charge is 0.459 e. The quantitative estimate of drug-likeness (QED) is 0.257. The second-order valence-electron chi connectivity index (χ2n) is 9.04. The highest BCUT2D eigenvalue weighted by molar-refractivity contribution is 5.86. The molecule has 0 aromatic rings. The molecule has 3 heterocycles. The smallest absolute Gasteiger partial charge is 0.394 e. The number of hydrogen-bond donors (Lipinski definition) is 0. The second-order valence-corrected chi connectivity index (χ2v) is 9.04. The van der Waals surface area contributed by atoms with Gasteiger partial charge >= 0.3 is 24.1 Å². The summed E-state index contributed by atoms with van der Waals surface area (Å²) in [6, 6.07) is 0. The lowest BCUT2D eigenvalue weighted by Crippen LogP contribution is -2.45. The summed E-state index contributed by atoms with van der Waals surface area (Å²) in [4.78, 5) is 37.5. The average molecular weight is 466 g/mol. The van der Waals surface area contributed by atoms with Crippen molar-refractivity contribution in [3.63, 3.8) is 0 Å². The van der Waals surface area contributed by atoms with E-state index in [4.69, 9.17) is 14.2 Å². The number of carbonyl (C=O) groups is 3. The van der Waals surface area contributed by atoms with Crippen LogP contribution in [0.1, 0.15) is 19.3 Å². The Morgan fingerprint density at radius 2 is 1.81 bits per heavy atom. The number of esters is 3. The van der Waals surface area contributed by atoms with E-state index in [9.17, 15) is 36.3 Å². The third kappa shape index (κ3) is 3.56. The number of fused-ring (bicyclic) bond motifs is 3. The Labute approximate surface area is 178 Å². The predicted octanol–water partition coefficient (Wildman–Crippen LogP) is 2.18. The van der Waals surface area contributed by atoms with E-state index in [2.05, 4.69) is 4.74 Å². The Morgan fingerprint density at radius 1 is 1.06 bits per heavy atom. The number of alkyl halides is 5. The van der Waals surface area contributed by atoms with Gasteiger partial charge in [-0.1, -0.05) is 12.2 Å². The molecule has 0 aromatic carbocycles. The van der Waals surface area contributed by atoms with Crippen LogP contribution in [0, 0.1) is 29.6 Å². The highest BCUT2D eigenvalue weighted by atomic mass is 19.4. The van der Waals surface area contributed by atoms with Crippen LogP contribution in [0.4, 0.5) is 22.0 Å². The highest BCUT2D eigenvalue weighted by Crippen LogP contribution is 2.59. The Hall–Kier alpha value is -2.24. The van der Waals surface area contributed by atoms with Gasteiger partial charge in [-0.15, -0.1) is 0 Å². The summed E-state index contributed by atoms with van der Waals surface area (Å²) in [6.45, 7) is -1.76. The Kier molecular flexibility index (Phi) is 4.81. The van der Waals surface area contributed by atoms with Gasteiger partial charge < -0.3 is 18.9 Å². The van der Waals surface area contributed by atoms with Crippen molar-refractivity contribution < 1.29 is 55.3 Å². The van der Waals surface area contributed by atoms with Crippen molar-refractivity contribution in [1.82, 2.24) is 0 Å². The van der Waals surface area contributed by atoms with Crippen molar-refractivity contribution in [1.29, 1.82) is 0 Å². The maximum atomic E-state index is 13.5. The van der Waals surface area contributed by atoms with E-state index in [-0.39, 0.29) is 12.5 Å². The molecule has 2 saturated heterocycles. The summed E-state index contributed by atoms with van der Waals surface area (Å²) in [7, 11) is 0. The lowest BCUT2D eigenvalue weighted by atomic mass is 9.78. The number of rotatable bonds is 6. The fourth-order valence-electron chi connectivity index (χ4n) is 5.81. The van der Waals surface area contributed by atoms with Crippen LogP contribution >= 0.6 is 0 Å². The van der Waals surface area contributed by atoms with Crippen molar-refractivity contribution in [2.75, 3.05) is 6.61 Å². The number of ether oxygens (including phenoxy) is 4. The van der Waals surface area contributed by atoms with Gasteiger partial charge in [-0.3, -0.25) is 14.4 Å². The van der Waals surface area contributed by atoms with E-state index in [0.717, 1.165) is 0 Å². The molecule has 2 saturated carbocycles. The van der Waals surface area contributed by atoms with E-state index in [1.54, 1.807) is 6.08 Å². The molecule has 0 N–H and O–H groups in total. The minimum absolute atomic E-state index is 0.174. The minimum Gasteiger partial charge on any atom is -0.459 e. The first-order valence-electron chi connectivity index (χ1n) is 10.3. The molecule has 0 spiro atoms. The van der Waals surface area contributed by atoms with Gasteiger partial charge in [-0.05, 0) is 12.8 Å². The van der Waals surface area contributed by atoms with E-state index >= 15 is 0 Å². The van der Waals surface area contributed by atoms with E-state index < -0.39 is 90.9 Å². The summed E-state index contributed by atoms with van der Waals surface area (Å²) < 4.78 is 84.9. The molecule has 5 rings (SSSR count). The number of carbonyl (C=O) groups excluding carboxylic acids is 3. The zero-order valence-corrected chi connectivity index (χ0v) is 16.4. The average Bonchev–Trinajstić information content (AvgIpc) is 3.46. The highest BCUT2D eigenvalue weighted by Gasteiger charge is 2.70. The van der Waals surface area contributed by atoms with Crippen LogP contribution in [-0.2, 0) is 33.3 Å². The monoisotopic (exact) mass is 466 g/mol. The van der Waals surface area contributed by atoms with Crippen molar-refractivity contribution in [3.8, 4) is 0 Å². The number of hydrogen-bond acceptors (Lipinski definition) is 7. The lowest BCUT2D eigenvalue weighted by molar-refractivity contribution is -0.206. The Balaban J connectivity index is 1.27. The molecule has 0 aromatic heterocycles. The minimum atomic E-state index is -5.14. The SMILES string of the molecule is O=C(OC1C2CC3C1OC(=O)C3C2C(=O)OCC(F)(F)CC(F)(F)F)C1CC2C=CC1O2. The van der Waals surface area contributed by atoms with Gasteiger partial charge in [0.2, 0.25) is 0 Å². The molecule has 0 amide bonds. The van der Waals surface area contributed by atoms with Crippen molar-refractivity contribution in [2.24, 2.45) is 29.6 Å². The van der Waals surface area contributed by atoms with Crippen LogP contribution in [0.3, 0.4) is 0 Å². The standard InChI is InChI=1S/C20H19F5O7/c21-19(22,5-20(23,24)25)6-29-17(27)12-9-4-10-13(12)18(28)32-15(10)14(9)31-16(26)8-3-7-1-2-11(8)30-7/h1-2,7-15H,3-6H2. The van der Waals surface area contributed by atoms with Gasteiger partial charge in [-0.25, -0.2) is 8.78 Å². The zero-order chi connectivity index (χ0) is 23.0. The first-order valence-corrected chi connectivity index (χ1v) is 10.3. The first kappa shape index (κ1) is 21.6. The van der Waals surface area contributed by atoms with Gasteiger partial charge in [0, 0.05) is 11.8 Å². The van der Waals surface area contributed by atoms with Gasteiger partial charge in [0.15, 0.2) is 6.61 Å². The molecular formula is C20H19F5O7. The molecule has 0 radical (unpaired) electrons. The van der Waals surface area contributed by atoms with Gasteiger partial charge in [-0.2, -0.15) is 13.2 Å². The topological polar surface area (TPSA) is 88.1 Å². The maximum absolute atomic E-state index is 13.5. The summed E-state index contributed by atoms with van der Waals surface area (Å²) in [6.07, 6.45) is -5.53. The molecule has 12 heteroatoms. The van der Waals surface area contributed by atoms with E-state index in [0.29, 0.717) is 6.42 Å². The summed E-state index contributed by atoms with van der Waals surface area (Å²) in [5, 5.41) is 0. The van der Waals surface area contributed by atoms with Crippen LogP contribution in [0.15, 0.2) is 12.2 Å². The van der Waals surface area contributed by atoms with Crippen LogP contribution in [-0.4, -0.2) is 61.0 Å². The fraction of sp³-hybridized carbons (Fsp3) is 0.750. The molecule has 32 heavy (non-hydrogen) atoms. The van der Waals surface area contributed by atoms with Crippen molar-refractivity contribution in [2.45, 2.75) is 55.8 Å². The molecule has 7 nitrogen and oxygen atoms in total. The first-order chi connectivity index (χ1) is 14.9. The van der Waals surface area contributed by atoms with Crippen LogP contribution < -0.4 is 0 Å². The summed E-state index contributed by atoms with van der Waals surface area (Å²) >= 11 is 0. The third-order valence-corrected chi connectivity index (χ3v) is 6.99. The molecule has 9 unspecified atom stereocenters.